The van der Waals surface area contributed by atoms with Crippen molar-refractivity contribution in [3.63, 3.8) is 0 Å². The molecule has 29 heavy (non-hydrogen) atoms. The van der Waals surface area contributed by atoms with Crippen LogP contribution < -0.4 is 10.2 Å². The first-order valence-electron chi connectivity index (χ1n) is 9.49. The number of hydrogen-bond donors (Lipinski definition) is 2. The Kier molecular flexibility index (Phi) is 5.24. The molecule has 3 aromatic rings. The third-order valence-electron chi connectivity index (χ3n) is 5.21. The van der Waals surface area contributed by atoms with Gasteiger partial charge in [0.25, 0.3) is 5.91 Å². The number of aromatic amines is 1. The van der Waals surface area contributed by atoms with Crippen LogP contribution in [0.3, 0.4) is 0 Å². The Balaban J connectivity index is 1.53. The molecule has 0 radical (unpaired) electrons. The van der Waals surface area contributed by atoms with Crippen LogP contribution in [0.4, 0.5) is 11.4 Å². The maximum Gasteiger partial charge on any atom is 0.257 e. The zero-order valence-electron chi connectivity index (χ0n) is 16.7. The molecule has 0 unspecified atom stereocenters. The van der Waals surface area contributed by atoms with E-state index in [2.05, 4.69) is 10.3 Å². The Morgan fingerprint density at radius 1 is 1.21 bits per heavy atom. The Morgan fingerprint density at radius 3 is 2.76 bits per heavy atom. The number of H-pyrrole nitrogens is 1. The van der Waals surface area contributed by atoms with Crippen molar-refractivity contribution >= 4 is 45.9 Å². The standard InChI is InChI=1S/C22H24N4O2S/c1-14-10-15(8-9-19(14)25(2)3)24-21(27)20-12-29-13-26(20)22(28)17-11-23-18-7-5-4-6-16(17)18/h4-11,20,23H,12-13H2,1-3H3,(H,24,27)/t20-/m1/s1. The summed E-state index contributed by atoms with van der Waals surface area (Å²) in [5, 5.41) is 3.86. The lowest BCUT2D eigenvalue weighted by Gasteiger charge is -2.23. The molecule has 2 N–H and O–H groups in total. The molecular formula is C22H24N4O2S. The normalized spacial score (nSPS) is 16.2. The highest BCUT2D eigenvalue weighted by Crippen LogP contribution is 2.28. The number of hydrogen-bond acceptors (Lipinski definition) is 4. The summed E-state index contributed by atoms with van der Waals surface area (Å²) in [5.74, 6) is 0.830. The summed E-state index contributed by atoms with van der Waals surface area (Å²) in [6.07, 6.45) is 1.73. The van der Waals surface area contributed by atoms with Crippen LogP contribution in [-0.4, -0.2) is 53.5 Å². The lowest BCUT2D eigenvalue weighted by atomic mass is 10.1. The van der Waals surface area contributed by atoms with Crippen molar-refractivity contribution in [3.05, 3.63) is 59.8 Å². The Bertz CT molecular complexity index is 1080. The van der Waals surface area contributed by atoms with Gasteiger partial charge in [0.05, 0.1) is 11.4 Å². The van der Waals surface area contributed by atoms with Gasteiger partial charge in [-0.25, -0.2) is 0 Å². The van der Waals surface area contributed by atoms with Gasteiger partial charge in [-0.1, -0.05) is 18.2 Å². The highest BCUT2D eigenvalue weighted by atomic mass is 32.2. The zero-order valence-corrected chi connectivity index (χ0v) is 17.5. The quantitative estimate of drug-likeness (QED) is 0.691. The number of benzene rings is 2. The molecule has 2 aromatic carbocycles. The second-order valence-corrected chi connectivity index (χ2v) is 8.42. The van der Waals surface area contributed by atoms with Crippen molar-refractivity contribution in [1.82, 2.24) is 9.88 Å². The number of aryl methyl sites for hydroxylation is 1. The molecule has 0 bridgehead atoms. The molecule has 6 nitrogen and oxygen atoms in total. The summed E-state index contributed by atoms with van der Waals surface area (Å²) in [4.78, 5) is 33.0. The van der Waals surface area contributed by atoms with E-state index in [0.717, 1.165) is 27.8 Å². The Morgan fingerprint density at radius 2 is 2.00 bits per heavy atom. The number of rotatable bonds is 4. The van der Waals surface area contributed by atoms with Crippen LogP contribution in [0.1, 0.15) is 15.9 Å². The van der Waals surface area contributed by atoms with Gasteiger partial charge in [0, 0.05) is 48.3 Å². The first-order chi connectivity index (χ1) is 14.0. The van der Waals surface area contributed by atoms with Crippen LogP contribution in [0.2, 0.25) is 0 Å². The van der Waals surface area contributed by atoms with E-state index in [9.17, 15) is 9.59 Å². The molecule has 150 valence electrons. The summed E-state index contributed by atoms with van der Waals surface area (Å²) >= 11 is 1.60. The predicted octanol–water partition coefficient (Wildman–Crippen LogP) is 3.70. The SMILES string of the molecule is Cc1cc(NC(=O)[C@H]2CSCN2C(=O)c2c[nH]c3ccccc23)ccc1N(C)C. The number of carbonyl (C=O) groups is 2. The van der Waals surface area contributed by atoms with Crippen LogP contribution in [0.5, 0.6) is 0 Å². The zero-order chi connectivity index (χ0) is 20.5. The van der Waals surface area contributed by atoms with E-state index in [1.165, 1.54) is 0 Å². The first-order valence-corrected chi connectivity index (χ1v) is 10.6. The van der Waals surface area contributed by atoms with E-state index in [1.807, 2.05) is 68.4 Å². The third-order valence-corrected chi connectivity index (χ3v) is 6.22. The first kappa shape index (κ1) is 19.4. The van der Waals surface area contributed by atoms with Gasteiger partial charge in [0.1, 0.15) is 6.04 Å². The summed E-state index contributed by atoms with van der Waals surface area (Å²) in [6, 6.07) is 13.1. The van der Waals surface area contributed by atoms with E-state index in [1.54, 1.807) is 22.9 Å². The number of anilines is 2. The summed E-state index contributed by atoms with van der Waals surface area (Å²) in [6.45, 7) is 2.02. The van der Waals surface area contributed by atoms with E-state index >= 15 is 0 Å². The highest BCUT2D eigenvalue weighted by Gasteiger charge is 2.36. The molecule has 1 fully saturated rings. The lowest BCUT2D eigenvalue weighted by molar-refractivity contribution is -0.119. The van der Waals surface area contributed by atoms with Gasteiger partial charge >= 0.3 is 0 Å². The largest absolute Gasteiger partial charge is 0.377 e. The molecule has 0 saturated carbocycles. The van der Waals surface area contributed by atoms with Gasteiger partial charge in [-0.2, -0.15) is 0 Å². The summed E-state index contributed by atoms with van der Waals surface area (Å²) in [5.41, 5.74) is 4.46. The van der Waals surface area contributed by atoms with Gasteiger partial charge in [-0.15, -0.1) is 11.8 Å². The molecule has 4 rings (SSSR count). The number of aromatic nitrogens is 1. The minimum Gasteiger partial charge on any atom is -0.377 e. The minimum atomic E-state index is -0.491. The average Bonchev–Trinajstić information content (AvgIpc) is 3.34. The van der Waals surface area contributed by atoms with Crippen LogP contribution >= 0.6 is 11.8 Å². The molecule has 1 atom stereocenters. The molecule has 0 aliphatic carbocycles. The number of para-hydroxylation sites is 1. The molecule has 1 aliphatic rings. The maximum absolute atomic E-state index is 13.2. The fourth-order valence-corrected chi connectivity index (χ4v) is 4.88. The maximum atomic E-state index is 13.2. The lowest BCUT2D eigenvalue weighted by Crippen LogP contribution is -2.44. The van der Waals surface area contributed by atoms with E-state index in [-0.39, 0.29) is 11.8 Å². The Hall–Kier alpha value is -2.93. The van der Waals surface area contributed by atoms with Crippen molar-refractivity contribution in [1.29, 1.82) is 0 Å². The van der Waals surface area contributed by atoms with E-state index < -0.39 is 6.04 Å². The second kappa shape index (κ2) is 7.83. The summed E-state index contributed by atoms with van der Waals surface area (Å²) in [7, 11) is 3.98. The molecule has 2 heterocycles. The van der Waals surface area contributed by atoms with Gasteiger partial charge < -0.3 is 20.1 Å². The molecule has 2 amide bonds. The number of carbonyl (C=O) groups excluding carboxylic acids is 2. The second-order valence-electron chi connectivity index (χ2n) is 7.42. The fourth-order valence-electron chi connectivity index (χ4n) is 3.72. The van der Waals surface area contributed by atoms with Gasteiger partial charge in [0.2, 0.25) is 5.91 Å². The molecule has 1 saturated heterocycles. The van der Waals surface area contributed by atoms with Crippen LogP contribution in [-0.2, 0) is 4.79 Å². The van der Waals surface area contributed by atoms with Crippen LogP contribution in [0.25, 0.3) is 10.9 Å². The Labute approximate surface area is 174 Å². The number of thioether (sulfide) groups is 1. The van der Waals surface area contributed by atoms with E-state index in [0.29, 0.717) is 17.2 Å². The predicted molar refractivity (Wildman–Crippen MR) is 120 cm³/mol. The van der Waals surface area contributed by atoms with Gasteiger partial charge in [-0.3, -0.25) is 9.59 Å². The average molecular weight is 409 g/mol. The smallest absolute Gasteiger partial charge is 0.257 e. The van der Waals surface area contributed by atoms with E-state index in [4.69, 9.17) is 0 Å². The number of amides is 2. The number of fused-ring (bicyclic) bond motifs is 1. The van der Waals surface area contributed by atoms with Crippen LogP contribution in [0.15, 0.2) is 48.7 Å². The molecular weight excluding hydrogens is 384 g/mol. The number of nitrogens with one attached hydrogen (secondary N) is 2. The minimum absolute atomic E-state index is 0.119. The topological polar surface area (TPSA) is 68.4 Å². The van der Waals surface area contributed by atoms with Crippen molar-refractivity contribution in [2.45, 2.75) is 13.0 Å². The van der Waals surface area contributed by atoms with Gasteiger partial charge in [-0.05, 0) is 36.8 Å². The van der Waals surface area contributed by atoms with Crippen LogP contribution in [0, 0.1) is 6.92 Å². The van der Waals surface area contributed by atoms with Gasteiger partial charge in [0.15, 0.2) is 0 Å². The highest BCUT2D eigenvalue weighted by molar-refractivity contribution is 7.99. The number of nitrogens with zero attached hydrogens (tertiary/aromatic N) is 2. The molecule has 1 aliphatic heterocycles. The summed E-state index contributed by atoms with van der Waals surface area (Å²) < 4.78 is 0. The molecule has 0 spiro atoms. The van der Waals surface area contributed by atoms with Crippen molar-refractivity contribution in [2.24, 2.45) is 0 Å². The fraction of sp³-hybridized carbons (Fsp3) is 0.273. The molecule has 1 aromatic heterocycles. The monoisotopic (exact) mass is 408 g/mol. The van der Waals surface area contributed by atoms with Crippen molar-refractivity contribution in [2.75, 3.05) is 35.9 Å². The molecule has 7 heteroatoms. The third kappa shape index (κ3) is 3.70. The van der Waals surface area contributed by atoms with Crippen molar-refractivity contribution in [3.8, 4) is 0 Å². The van der Waals surface area contributed by atoms with Crippen molar-refractivity contribution < 1.29 is 9.59 Å².